The van der Waals surface area contributed by atoms with Crippen LogP contribution in [-0.4, -0.2) is 40.4 Å². The molecule has 17 heavy (non-hydrogen) atoms. The summed E-state index contributed by atoms with van der Waals surface area (Å²) in [5.41, 5.74) is 5.94. The lowest BCUT2D eigenvalue weighted by Crippen LogP contribution is -2.39. The van der Waals surface area contributed by atoms with E-state index < -0.39 is 6.04 Å². The lowest BCUT2D eigenvalue weighted by molar-refractivity contribution is -0.130. The van der Waals surface area contributed by atoms with Gasteiger partial charge in [-0.25, -0.2) is 9.97 Å². The Kier molecular flexibility index (Phi) is 4.51. The Morgan fingerprint density at radius 2 is 2.29 bits per heavy atom. The molecule has 0 fully saturated rings. The Morgan fingerprint density at radius 3 is 2.88 bits per heavy atom. The molecule has 0 aliphatic carbocycles. The Bertz CT molecular complexity index is 412. The number of nitrogens with one attached hydrogen (secondary N) is 1. The summed E-state index contributed by atoms with van der Waals surface area (Å²) >= 11 is 5.76. The van der Waals surface area contributed by atoms with Crippen LogP contribution in [0.5, 0.6) is 0 Å². The second kappa shape index (κ2) is 5.67. The molecule has 6 nitrogen and oxygen atoms in total. The van der Waals surface area contributed by atoms with E-state index in [2.05, 4.69) is 15.3 Å². The second-order valence-electron chi connectivity index (χ2n) is 3.65. The summed E-state index contributed by atoms with van der Waals surface area (Å²) < 4.78 is 0. The first-order valence-electron chi connectivity index (χ1n) is 5.24. The number of anilines is 2. The summed E-state index contributed by atoms with van der Waals surface area (Å²) in [6.07, 6.45) is 1.29. The number of rotatable bonds is 4. The van der Waals surface area contributed by atoms with Crippen LogP contribution in [0.2, 0.25) is 5.15 Å². The van der Waals surface area contributed by atoms with Gasteiger partial charge in [-0.1, -0.05) is 11.6 Å². The minimum atomic E-state index is -0.423. The van der Waals surface area contributed by atoms with Crippen LogP contribution in [0, 0.1) is 0 Å². The first-order chi connectivity index (χ1) is 7.97. The van der Waals surface area contributed by atoms with Crippen LogP contribution >= 0.6 is 11.6 Å². The minimum absolute atomic E-state index is 0.0402. The average Bonchev–Trinajstić information content (AvgIpc) is 2.32. The van der Waals surface area contributed by atoms with Crippen molar-refractivity contribution in [3.05, 3.63) is 11.5 Å². The van der Waals surface area contributed by atoms with Crippen LogP contribution in [-0.2, 0) is 4.79 Å². The fraction of sp³-hybridized carbons (Fsp3) is 0.500. The number of nitrogens with two attached hydrogens (primary N) is 1. The molecule has 0 saturated heterocycles. The molecule has 0 saturated carbocycles. The molecule has 0 bridgehead atoms. The number of aromatic nitrogens is 2. The van der Waals surface area contributed by atoms with E-state index in [4.69, 9.17) is 17.3 Å². The van der Waals surface area contributed by atoms with Gasteiger partial charge in [-0.15, -0.1) is 0 Å². The first kappa shape index (κ1) is 13.5. The normalized spacial score (nSPS) is 12.0. The molecule has 1 aromatic heterocycles. The smallest absolute Gasteiger partial charge is 0.244 e. The highest BCUT2D eigenvalue weighted by Crippen LogP contribution is 2.22. The van der Waals surface area contributed by atoms with Crippen LogP contribution < -0.4 is 11.1 Å². The highest BCUT2D eigenvalue weighted by atomic mass is 35.5. The maximum Gasteiger partial charge on any atom is 0.244 e. The molecule has 94 valence electrons. The summed E-state index contributed by atoms with van der Waals surface area (Å²) in [6.45, 7) is 4.29. The molecule has 7 heteroatoms. The van der Waals surface area contributed by atoms with Gasteiger partial charge in [-0.2, -0.15) is 0 Å². The predicted octanol–water partition coefficient (Wildman–Crippen LogP) is 0.991. The van der Waals surface area contributed by atoms with E-state index in [1.54, 1.807) is 18.9 Å². The van der Waals surface area contributed by atoms with Gasteiger partial charge in [0.25, 0.3) is 0 Å². The van der Waals surface area contributed by atoms with Gasteiger partial charge in [0, 0.05) is 13.6 Å². The van der Waals surface area contributed by atoms with Gasteiger partial charge in [0.15, 0.2) is 11.0 Å². The van der Waals surface area contributed by atoms with Crippen LogP contribution in [0.15, 0.2) is 6.33 Å². The van der Waals surface area contributed by atoms with E-state index >= 15 is 0 Å². The quantitative estimate of drug-likeness (QED) is 0.786. The van der Waals surface area contributed by atoms with Gasteiger partial charge in [-0.05, 0) is 13.8 Å². The van der Waals surface area contributed by atoms with Crippen molar-refractivity contribution in [1.82, 2.24) is 14.9 Å². The molecular formula is C10H16ClN5O. The largest absolute Gasteiger partial charge is 0.393 e. The number of nitrogen functional groups attached to an aromatic ring is 1. The van der Waals surface area contributed by atoms with Crippen molar-refractivity contribution < 1.29 is 4.79 Å². The molecule has 1 atom stereocenters. The van der Waals surface area contributed by atoms with Gasteiger partial charge >= 0.3 is 0 Å². The molecule has 1 amide bonds. The summed E-state index contributed by atoms with van der Waals surface area (Å²) in [5, 5.41) is 3.09. The van der Waals surface area contributed by atoms with Crippen molar-refractivity contribution >= 4 is 29.0 Å². The van der Waals surface area contributed by atoms with Gasteiger partial charge < -0.3 is 16.0 Å². The summed E-state index contributed by atoms with van der Waals surface area (Å²) in [7, 11) is 1.73. The molecule has 1 rings (SSSR count). The molecule has 0 radical (unpaired) electrons. The van der Waals surface area contributed by atoms with Crippen LogP contribution in [0.3, 0.4) is 0 Å². The van der Waals surface area contributed by atoms with Crippen molar-refractivity contribution in [3.8, 4) is 0 Å². The van der Waals surface area contributed by atoms with E-state index in [1.165, 1.54) is 6.33 Å². The van der Waals surface area contributed by atoms with Gasteiger partial charge in [0.1, 0.15) is 18.1 Å². The molecule has 0 aliphatic rings. The Labute approximate surface area is 105 Å². The zero-order valence-electron chi connectivity index (χ0n) is 10.1. The van der Waals surface area contributed by atoms with Crippen molar-refractivity contribution in [3.63, 3.8) is 0 Å². The van der Waals surface area contributed by atoms with Crippen molar-refractivity contribution in [2.75, 3.05) is 24.6 Å². The second-order valence-corrected chi connectivity index (χ2v) is 4.00. The number of halogens is 1. The lowest BCUT2D eigenvalue weighted by Gasteiger charge is -2.21. The minimum Gasteiger partial charge on any atom is -0.393 e. The van der Waals surface area contributed by atoms with Crippen LogP contribution in [0.4, 0.5) is 11.5 Å². The van der Waals surface area contributed by atoms with E-state index in [1.807, 2.05) is 6.92 Å². The van der Waals surface area contributed by atoms with E-state index in [9.17, 15) is 4.79 Å². The third kappa shape index (κ3) is 3.20. The predicted molar refractivity (Wildman–Crippen MR) is 67.9 cm³/mol. The molecule has 0 aromatic carbocycles. The molecule has 1 aromatic rings. The zero-order chi connectivity index (χ0) is 13.0. The fourth-order valence-electron chi connectivity index (χ4n) is 1.24. The van der Waals surface area contributed by atoms with Gasteiger partial charge in [-0.3, -0.25) is 4.79 Å². The lowest BCUT2D eigenvalue weighted by atomic mass is 10.3. The zero-order valence-corrected chi connectivity index (χ0v) is 10.8. The summed E-state index contributed by atoms with van der Waals surface area (Å²) in [5.74, 6) is 0.331. The molecule has 1 unspecified atom stereocenters. The SMILES string of the molecule is CCN(C)C(=O)C(C)Nc1ncnc(Cl)c1N. The number of nitrogens with zero attached hydrogens (tertiary/aromatic N) is 3. The summed E-state index contributed by atoms with van der Waals surface area (Å²) in [6, 6.07) is -0.423. The van der Waals surface area contributed by atoms with Crippen LogP contribution in [0.25, 0.3) is 0 Å². The van der Waals surface area contributed by atoms with E-state index in [0.29, 0.717) is 12.4 Å². The maximum absolute atomic E-state index is 11.8. The number of amides is 1. The highest BCUT2D eigenvalue weighted by molar-refractivity contribution is 6.32. The Morgan fingerprint density at radius 1 is 1.65 bits per heavy atom. The third-order valence-corrected chi connectivity index (χ3v) is 2.71. The number of carbonyl (C=O) groups excluding carboxylic acids is 1. The third-order valence-electron chi connectivity index (χ3n) is 2.41. The number of hydrogen-bond acceptors (Lipinski definition) is 5. The summed E-state index contributed by atoms with van der Waals surface area (Å²) in [4.78, 5) is 21.1. The Hall–Kier alpha value is -1.56. The van der Waals surface area contributed by atoms with Crippen molar-refractivity contribution in [2.45, 2.75) is 19.9 Å². The van der Waals surface area contributed by atoms with Crippen molar-refractivity contribution in [1.29, 1.82) is 0 Å². The number of likely N-dealkylation sites (N-methyl/N-ethyl adjacent to an activating group) is 1. The molecular weight excluding hydrogens is 242 g/mol. The topological polar surface area (TPSA) is 84.1 Å². The number of carbonyl (C=O) groups is 1. The highest BCUT2D eigenvalue weighted by Gasteiger charge is 2.18. The molecule has 1 heterocycles. The van der Waals surface area contributed by atoms with E-state index in [-0.39, 0.29) is 16.7 Å². The standard InChI is InChI=1S/C10H16ClN5O/c1-4-16(3)10(17)6(2)15-9-7(12)8(11)13-5-14-9/h5-6H,4,12H2,1-3H3,(H,13,14,15). The Balaban J connectivity index is 2.78. The number of hydrogen-bond donors (Lipinski definition) is 2. The van der Waals surface area contributed by atoms with E-state index in [0.717, 1.165) is 0 Å². The maximum atomic E-state index is 11.8. The fourth-order valence-corrected chi connectivity index (χ4v) is 1.38. The molecule has 3 N–H and O–H groups in total. The van der Waals surface area contributed by atoms with Gasteiger partial charge in [0.05, 0.1) is 0 Å². The van der Waals surface area contributed by atoms with Crippen molar-refractivity contribution in [2.24, 2.45) is 0 Å². The van der Waals surface area contributed by atoms with Gasteiger partial charge in [0.2, 0.25) is 5.91 Å². The van der Waals surface area contributed by atoms with Crippen LogP contribution in [0.1, 0.15) is 13.8 Å². The monoisotopic (exact) mass is 257 g/mol. The average molecular weight is 258 g/mol. The first-order valence-corrected chi connectivity index (χ1v) is 5.62. The molecule has 0 spiro atoms. The molecule has 0 aliphatic heterocycles.